The number of aromatic nitrogens is 1. The molecule has 1 aliphatic rings. The molecule has 2 aromatic carbocycles. The highest BCUT2D eigenvalue weighted by Crippen LogP contribution is 2.35. The van der Waals surface area contributed by atoms with Crippen molar-refractivity contribution in [3.63, 3.8) is 0 Å². The van der Waals surface area contributed by atoms with E-state index in [4.69, 9.17) is 14.0 Å². The maximum Gasteiger partial charge on any atom is 0.246 e. The van der Waals surface area contributed by atoms with Crippen LogP contribution in [0.1, 0.15) is 11.5 Å². The van der Waals surface area contributed by atoms with E-state index in [9.17, 15) is 8.42 Å². The number of anilines is 1. The van der Waals surface area contributed by atoms with Crippen molar-refractivity contribution in [2.45, 2.75) is 18.7 Å². The topological polar surface area (TPSA) is 85.1 Å². The van der Waals surface area contributed by atoms with Crippen LogP contribution in [0.15, 0.2) is 51.9 Å². The highest BCUT2D eigenvalue weighted by atomic mass is 32.2. The zero-order valence-corrected chi connectivity index (χ0v) is 19.5. The van der Waals surface area contributed by atoms with Crippen LogP contribution in [0.25, 0.3) is 11.1 Å². The van der Waals surface area contributed by atoms with Crippen molar-refractivity contribution in [3.8, 4) is 22.6 Å². The van der Waals surface area contributed by atoms with Gasteiger partial charge in [-0.2, -0.15) is 4.31 Å². The van der Waals surface area contributed by atoms with Crippen molar-refractivity contribution in [2.24, 2.45) is 0 Å². The van der Waals surface area contributed by atoms with Gasteiger partial charge in [-0.15, -0.1) is 0 Å². The molecule has 0 amide bonds. The SMILES string of the molecule is COc1ccc(N2CCN(S(=O)(=O)c3cc(-c4c(C)noc4C)ccc3OC)CC2)cc1. The predicted octanol–water partition coefficient (Wildman–Crippen LogP) is 3.49. The molecule has 32 heavy (non-hydrogen) atoms. The molecule has 0 N–H and O–H groups in total. The molecular weight excluding hydrogens is 430 g/mol. The van der Waals surface area contributed by atoms with Crippen LogP contribution in [0, 0.1) is 13.8 Å². The van der Waals surface area contributed by atoms with Gasteiger partial charge in [0.1, 0.15) is 22.2 Å². The molecule has 0 unspecified atom stereocenters. The molecule has 4 rings (SSSR count). The van der Waals surface area contributed by atoms with Crippen LogP contribution in [0.4, 0.5) is 5.69 Å². The zero-order chi connectivity index (χ0) is 22.9. The molecule has 9 heteroatoms. The molecule has 2 heterocycles. The fraction of sp³-hybridized carbons (Fsp3) is 0.348. The summed E-state index contributed by atoms with van der Waals surface area (Å²) in [6.45, 7) is 5.60. The van der Waals surface area contributed by atoms with Crippen LogP contribution in [-0.2, 0) is 10.0 Å². The average Bonchev–Trinajstić information content (AvgIpc) is 3.16. The van der Waals surface area contributed by atoms with Crippen LogP contribution >= 0.6 is 0 Å². The first-order valence-electron chi connectivity index (χ1n) is 10.4. The van der Waals surface area contributed by atoms with E-state index in [0.717, 1.165) is 22.6 Å². The van der Waals surface area contributed by atoms with Gasteiger partial charge in [-0.25, -0.2) is 8.42 Å². The molecule has 1 aliphatic heterocycles. The Labute approximate surface area is 188 Å². The van der Waals surface area contributed by atoms with Gasteiger partial charge in [0, 0.05) is 37.4 Å². The van der Waals surface area contributed by atoms with Gasteiger partial charge in [0.15, 0.2) is 0 Å². The minimum Gasteiger partial charge on any atom is -0.497 e. The van der Waals surface area contributed by atoms with E-state index >= 15 is 0 Å². The quantitative estimate of drug-likeness (QED) is 0.560. The Morgan fingerprint density at radius 3 is 2.19 bits per heavy atom. The van der Waals surface area contributed by atoms with Gasteiger partial charge in [0.05, 0.1) is 19.9 Å². The molecule has 1 fully saturated rings. The molecule has 0 saturated carbocycles. The summed E-state index contributed by atoms with van der Waals surface area (Å²) in [6, 6.07) is 12.9. The van der Waals surface area contributed by atoms with E-state index in [2.05, 4.69) is 10.1 Å². The third-order valence-corrected chi connectivity index (χ3v) is 7.70. The maximum absolute atomic E-state index is 13.6. The first kappa shape index (κ1) is 22.2. The molecule has 1 aromatic heterocycles. The second kappa shape index (κ2) is 8.84. The molecule has 8 nitrogen and oxygen atoms in total. The van der Waals surface area contributed by atoms with Crippen molar-refractivity contribution in [1.82, 2.24) is 9.46 Å². The Hall–Kier alpha value is -3.04. The largest absolute Gasteiger partial charge is 0.497 e. The molecule has 0 bridgehead atoms. The van der Waals surface area contributed by atoms with Gasteiger partial charge in [-0.3, -0.25) is 0 Å². The van der Waals surface area contributed by atoms with E-state index in [1.807, 2.05) is 44.2 Å². The van der Waals surface area contributed by atoms with E-state index < -0.39 is 10.0 Å². The maximum atomic E-state index is 13.6. The summed E-state index contributed by atoms with van der Waals surface area (Å²) in [7, 11) is -0.639. The van der Waals surface area contributed by atoms with Gasteiger partial charge in [0.2, 0.25) is 10.0 Å². The van der Waals surface area contributed by atoms with Gasteiger partial charge in [-0.1, -0.05) is 11.2 Å². The fourth-order valence-corrected chi connectivity index (χ4v) is 5.65. The number of rotatable bonds is 6. The summed E-state index contributed by atoms with van der Waals surface area (Å²) in [5.41, 5.74) is 3.29. The third kappa shape index (κ3) is 4.05. The van der Waals surface area contributed by atoms with Gasteiger partial charge in [0.25, 0.3) is 0 Å². The number of nitrogens with zero attached hydrogens (tertiary/aromatic N) is 3. The molecule has 3 aromatic rings. The van der Waals surface area contributed by atoms with Crippen molar-refractivity contribution in [2.75, 3.05) is 45.3 Å². The minimum absolute atomic E-state index is 0.149. The third-order valence-electron chi connectivity index (χ3n) is 5.78. The Kier molecular flexibility index (Phi) is 6.12. The standard InChI is InChI=1S/C23H27N3O5S/c1-16-23(17(2)31-24-16)18-5-10-21(30-4)22(15-18)32(27,28)26-13-11-25(12-14-26)19-6-8-20(29-3)9-7-19/h5-10,15H,11-14H2,1-4H3. The van der Waals surface area contributed by atoms with Crippen LogP contribution in [0.5, 0.6) is 11.5 Å². The lowest BCUT2D eigenvalue weighted by molar-refractivity contribution is 0.374. The predicted molar refractivity (Wildman–Crippen MR) is 122 cm³/mol. The number of hydrogen-bond acceptors (Lipinski definition) is 7. The number of ether oxygens (including phenoxy) is 2. The van der Waals surface area contributed by atoms with Crippen molar-refractivity contribution in [3.05, 3.63) is 53.9 Å². The summed E-state index contributed by atoms with van der Waals surface area (Å²) in [5, 5.41) is 3.99. The highest BCUT2D eigenvalue weighted by molar-refractivity contribution is 7.89. The number of benzene rings is 2. The van der Waals surface area contributed by atoms with Crippen molar-refractivity contribution in [1.29, 1.82) is 0 Å². The van der Waals surface area contributed by atoms with Crippen LogP contribution in [-0.4, -0.2) is 58.3 Å². The Morgan fingerprint density at radius 1 is 0.938 bits per heavy atom. The van der Waals surface area contributed by atoms with Crippen LogP contribution < -0.4 is 14.4 Å². The average molecular weight is 458 g/mol. The second-order valence-electron chi connectivity index (χ2n) is 7.65. The summed E-state index contributed by atoms with van der Waals surface area (Å²) in [6.07, 6.45) is 0. The molecule has 0 aliphatic carbocycles. The fourth-order valence-electron chi connectivity index (χ4n) is 4.05. The lowest BCUT2D eigenvalue weighted by atomic mass is 10.0. The molecule has 0 radical (unpaired) electrons. The van der Waals surface area contributed by atoms with Gasteiger partial charge >= 0.3 is 0 Å². The number of methoxy groups -OCH3 is 2. The number of aryl methyl sites for hydroxylation is 2. The summed E-state index contributed by atoms with van der Waals surface area (Å²) >= 11 is 0. The summed E-state index contributed by atoms with van der Waals surface area (Å²) in [5.74, 6) is 1.75. The zero-order valence-electron chi connectivity index (χ0n) is 18.7. The Morgan fingerprint density at radius 2 is 1.62 bits per heavy atom. The minimum atomic E-state index is -3.75. The normalized spacial score (nSPS) is 15.1. The van der Waals surface area contributed by atoms with Gasteiger partial charge in [-0.05, 0) is 55.8 Å². The first-order chi connectivity index (χ1) is 15.3. The molecular formula is C23H27N3O5S. The highest BCUT2D eigenvalue weighted by Gasteiger charge is 2.31. The molecule has 1 saturated heterocycles. The lowest BCUT2D eigenvalue weighted by Crippen LogP contribution is -2.48. The lowest BCUT2D eigenvalue weighted by Gasteiger charge is -2.35. The number of hydrogen-bond donors (Lipinski definition) is 0. The van der Waals surface area contributed by atoms with Crippen molar-refractivity contribution >= 4 is 15.7 Å². The smallest absolute Gasteiger partial charge is 0.246 e. The second-order valence-corrected chi connectivity index (χ2v) is 9.56. The van der Waals surface area contributed by atoms with E-state index in [0.29, 0.717) is 43.4 Å². The van der Waals surface area contributed by atoms with Gasteiger partial charge < -0.3 is 18.9 Å². The number of sulfonamides is 1. The molecule has 170 valence electrons. The Balaban J connectivity index is 1.59. The number of piperazine rings is 1. The summed E-state index contributed by atoms with van der Waals surface area (Å²) < 4.78 is 44.5. The Bertz CT molecular complexity index is 1180. The monoisotopic (exact) mass is 457 g/mol. The van der Waals surface area contributed by atoms with Crippen LogP contribution in [0.2, 0.25) is 0 Å². The van der Waals surface area contributed by atoms with Crippen molar-refractivity contribution < 1.29 is 22.4 Å². The molecule has 0 spiro atoms. The van der Waals surface area contributed by atoms with E-state index in [1.165, 1.54) is 11.4 Å². The van der Waals surface area contributed by atoms with E-state index in [-0.39, 0.29) is 4.90 Å². The summed E-state index contributed by atoms with van der Waals surface area (Å²) in [4.78, 5) is 2.32. The molecule has 0 atom stereocenters. The van der Waals surface area contributed by atoms with E-state index in [1.54, 1.807) is 19.2 Å². The first-order valence-corrected chi connectivity index (χ1v) is 11.8. The van der Waals surface area contributed by atoms with Crippen LogP contribution in [0.3, 0.4) is 0 Å².